The van der Waals surface area contributed by atoms with Crippen LogP contribution in [0.15, 0.2) is 79.1 Å². The van der Waals surface area contributed by atoms with E-state index in [9.17, 15) is 9.18 Å². The maximum Gasteiger partial charge on any atom is 0.257 e. The molecule has 5 rings (SSSR count). The average Bonchev–Trinajstić information content (AvgIpc) is 3.45. The van der Waals surface area contributed by atoms with Crippen LogP contribution in [0.25, 0.3) is 0 Å². The molecule has 37 heavy (non-hydrogen) atoms. The number of aromatic nitrogens is 2. The summed E-state index contributed by atoms with van der Waals surface area (Å²) in [5.41, 5.74) is 4.56. The first kappa shape index (κ1) is 24.2. The van der Waals surface area contributed by atoms with Crippen molar-refractivity contribution in [2.24, 2.45) is 0 Å². The molecule has 188 valence electrons. The van der Waals surface area contributed by atoms with Crippen LogP contribution in [-0.2, 0) is 6.61 Å². The Morgan fingerprint density at radius 3 is 2.54 bits per heavy atom. The highest BCUT2D eigenvalue weighted by Gasteiger charge is 2.15. The van der Waals surface area contributed by atoms with E-state index in [2.05, 4.69) is 25.5 Å². The SMILES string of the molecule is Cc1ncc(Nc2cc(F)cc(N3CCCC3)c2)cc1C(=O)Nc1ccc(OCc2ccccn2)cc1. The fourth-order valence-electron chi connectivity index (χ4n) is 4.28. The minimum Gasteiger partial charge on any atom is -0.487 e. The molecule has 1 amide bonds. The quantitative estimate of drug-likeness (QED) is 0.306. The van der Waals surface area contributed by atoms with Crippen molar-refractivity contribution >= 4 is 28.7 Å². The first-order chi connectivity index (χ1) is 18.0. The maximum absolute atomic E-state index is 14.3. The zero-order valence-corrected chi connectivity index (χ0v) is 20.6. The number of benzene rings is 2. The third kappa shape index (κ3) is 6.22. The molecule has 4 aromatic rings. The smallest absolute Gasteiger partial charge is 0.257 e. The normalized spacial score (nSPS) is 12.9. The molecule has 0 spiro atoms. The molecule has 7 nitrogen and oxygen atoms in total. The molecular weight excluding hydrogens is 469 g/mol. The highest BCUT2D eigenvalue weighted by Crippen LogP contribution is 2.28. The molecule has 1 saturated heterocycles. The van der Waals surface area contributed by atoms with Crippen molar-refractivity contribution in [2.75, 3.05) is 28.6 Å². The van der Waals surface area contributed by atoms with E-state index in [4.69, 9.17) is 4.74 Å². The lowest BCUT2D eigenvalue weighted by molar-refractivity contribution is 0.102. The summed E-state index contributed by atoms with van der Waals surface area (Å²) in [5, 5.41) is 6.10. The lowest BCUT2D eigenvalue weighted by Crippen LogP contribution is -2.17. The second kappa shape index (κ2) is 11.1. The number of hydrogen-bond donors (Lipinski definition) is 2. The summed E-state index contributed by atoms with van der Waals surface area (Å²) in [5.74, 6) is 0.0845. The first-order valence-electron chi connectivity index (χ1n) is 12.3. The Kier molecular flexibility index (Phi) is 7.26. The van der Waals surface area contributed by atoms with Gasteiger partial charge in [-0.3, -0.25) is 14.8 Å². The maximum atomic E-state index is 14.3. The van der Waals surface area contributed by atoms with Crippen LogP contribution < -0.4 is 20.3 Å². The van der Waals surface area contributed by atoms with Crippen LogP contribution in [0.5, 0.6) is 5.75 Å². The second-order valence-electron chi connectivity index (χ2n) is 8.96. The van der Waals surface area contributed by atoms with Crippen LogP contribution in [0, 0.1) is 12.7 Å². The molecule has 0 saturated carbocycles. The summed E-state index contributed by atoms with van der Waals surface area (Å²) in [6.07, 6.45) is 5.59. The minimum absolute atomic E-state index is 0.284. The van der Waals surface area contributed by atoms with Crippen molar-refractivity contribution < 1.29 is 13.9 Å². The van der Waals surface area contributed by atoms with Crippen molar-refractivity contribution in [1.82, 2.24) is 9.97 Å². The highest BCUT2D eigenvalue weighted by atomic mass is 19.1. The van der Waals surface area contributed by atoms with Gasteiger partial charge in [0.15, 0.2) is 0 Å². The predicted octanol–water partition coefficient (Wildman–Crippen LogP) is 6.10. The molecule has 3 heterocycles. The number of amides is 1. The van der Waals surface area contributed by atoms with Crippen LogP contribution in [0.2, 0.25) is 0 Å². The van der Waals surface area contributed by atoms with Gasteiger partial charge in [-0.15, -0.1) is 0 Å². The van der Waals surface area contributed by atoms with Gasteiger partial charge in [0, 0.05) is 36.3 Å². The van der Waals surface area contributed by atoms with Crippen LogP contribution in [0.3, 0.4) is 0 Å². The van der Waals surface area contributed by atoms with Crippen molar-refractivity contribution in [1.29, 1.82) is 0 Å². The van der Waals surface area contributed by atoms with Gasteiger partial charge in [-0.1, -0.05) is 6.07 Å². The van der Waals surface area contributed by atoms with E-state index in [0.717, 1.165) is 37.3 Å². The average molecular weight is 498 g/mol. The molecule has 2 N–H and O–H groups in total. The van der Waals surface area contributed by atoms with E-state index in [1.807, 2.05) is 24.3 Å². The molecular formula is C29H28FN5O2. The number of hydrogen-bond acceptors (Lipinski definition) is 6. The number of pyridine rings is 2. The number of aryl methyl sites for hydroxylation is 1. The number of nitrogens with one attached hydrogen (secondary N) is 2. The summed E-state index contributed by atoms with van der Waals surface area (Å²) in [7, 11) is 0. The van der Waals surface area contributed by atoms with Gasteiger partial charge in [0.1, 0.15) is 18.2 Å². The molecule has 0 bridgehead atoms. The molecule has 1 aliphatic rings. The summed E-state index contributed by atoms with van der Waals surface area (Å²) in [6.45, 7) is 4.00. The van der Waals surface area contributed by atoms with Crippen molar-refractivity contribution in [3.63, 3.8) is 0 Å². The fourth-order valence-corrected chi connectivity index (χ4v) is 4.28. The van der Waals surface area contributed by atoms with Crippen LogP contribution in [0.1, 0.15) is 34.6 Å². The van der Waals surface area contributed by atoms with Gasteiger partial charge in [-0.2, -0.15) is 0 Å². The Bertz CT molecular complexity index is 1370. The number of anilines is 4. The van der Waals surface area contributed by atoms with E-state index < -0.39 is 0 Å². The van der Waals surface area contributed by atoms with E-state index >= 15 is 0 Å². The van der Waals surface area contributed by atoms with Crippen LogP contribution >= 0.6 is 0 Å². The Morgan fingerprint density at radius 2 is 1.78 bits per heavy atom. The summed E-state index contributed by atoms with van der Waals surface area (Å²) < 4.78 is 20.1. The predicted molar refractivity (Wildman–Crippen MR) is 143 cm³/mol. The number of ether oxygens (including phenoxy) is 1. The van der Waals surface area contributed by atoms with E-state index in [-0.39, 0.29) is 11.7 Å². The summed E-state index contributed by atoms with van der Waals surface area (Å²) in [4.78, 5) is 23.8. The third-order valence-corrected chi connectivity index (χ3v) is 6.20. The van der Waals surface area contributed by atoms with Crippen molar-refractivity contribution in [2.45, 2.75) is 26.4 Å². The van der Waals surface area contributed by atoms with Gasteiger partial charge in [0.2, 0.25) is 0 Å². The monoisotopic (exact) mass is 497 g/mol. The molecule has 0 radical (unpaired) electrons. The van der Waals surface area contributed by atoms with Crippen LogP contribution in [0.4, 0.5) is 27.1 Å². The minimum atomic E-state index is -0.308. The molecule has 1 aliphatic heterocycles. The molecule has 0 aliphatic carbocycles. The van der Waals surface area contributed by atoms with Gasteiger partial charge < -0.3 is 20.3 Å². The molecule has 0 atom stereocenters. The Morgan fingerprint density at radius 1 is 0.973 bits per heavy atom. The molecule has 8 heteroatoms. The van der Waals surface area contributed by atoms with Gasteiger partial charge in [0.05, 0.1) is 28.8 Å². The number of rotatable bonds is 8. The topological polar surface area (TPSA) is 79.4 Å². The Hall–Kier alpha value is -4.46. The Balaban J connectivity index is 1.24. The lowest BCUT2D eigenvalue weighted by Gasteiger charge is -2.19. The fraction of sp³-hybridized carbons (Fsp3) is 0.207. The van der Waals surface area contributed by atoms with E-state index in [1.165, 1.54) is 6.07 Å². The number of halogens is 1. The Labute approximate surface area is 215 Å². The lowest BCUT2D eigenvalue weighted by atomic mass is 10.1. The van der Waals surface area contributed by atoms with Crippen molar-refractivity contribution in [3.8, 4) is 5.75 Å². The number of carbonyl (C=O) groups is 1. The number of carbonyl (C=O) groups excluding carboxylic acids is 1. The number of nitrogens with zero attached hydrogens (tertiary/aromatic N) is 3. The first-order valence-corrected chi connectivity index (χ1v) is 12.3. The molecule has 1 fully saturated rings. The summed E-state index contributed by atoms with van der Waals surface area (Å²) in [6, 6.07) is 19.5. The van der Waals surface area contributed by atoms with Gasteiger partial charge in [0.25, 0.3) is 5.91 Å². The highest BCUT2D eigenvalue weighted by molar-refractivity contribution is 6.05. The molecule has 0 unspecified atom stereocenters. The van der Waals surface area contributed by atoms with Gasteiger partial charge >= 0.3 is 0 Å². The molecule has 2 aromatic heterocycles. The third-order valence-electron chi connectivity index (χ3n) is 6.20. The summed E-state index contributed by atoms with van der Waals surface area (Å²) >= 11 is 0. The second-order valence-corrected chi connectivity index (χ2v) is 8.96. The zero-order valence-electron chi connectivity index (χ0n) is 20.6. The van der Waals surface area contributed by atoms with Gasteiger partial charge in [-0.05, 0) is 80.4 Å². The van der Waals surface area contributed by atoms with Gasteiger partial charge in [-0.25, -0.2) is 4.39 Å². The standard InChI is InChI=1S/C29H28FN5O2/c1-20-28(29(36)34-22-7-9-27(10-8-22)37-19-23-6-2-3-11-31-23)17-25(18-32-20)33-24-14-21(30)15-26(16-24)35-12-4-5-13-35/h2-3,6-11,14-18,33H,4-5,12-13,19H2,1H3,(H,34,36). The van der Waals surface area contributed by atoms with E-state index in [0.29, 0.717) is 40.7 Å². The van der Waals surface area contributed by atoms with E-state index in [1.54, 1.807) is 55.7 Å². The zero-order chi connectivity index (χ0) is 25.6. The molecule has 2 aromatic carbocycles. The largest absolute Gasteiger partial charge is 0.487 e. The van der Waals surface area contributed by atoms with Crippen LogP contribution in [-0.4, -0.2) is 29.0 Å². The van der Waals surface area contributed by atoms with Crippen molar-refractivity contribution in [3.05, 3.63) is 102 Å².